The first-order chi connectivity index (χ1) is 6.19. The Hall–Kier alpha value is -1.85. The van der Waals surface area contributed by atoms with Crippen molar-refractivity contribution in [3.63, 3.8) is 0 Å². The molecule has 0 amide bonds. The number of carbonyl (C=O) groups excluding carboxylic acids is 1. The molecule has 6 nitrogen and oxygen atoms in total. The van der Waals surface area contributed by atoms with Crippen LogP contribution in [0.25, 0.3) is 0 Å². The number of H-pyrrole nitrogens is 1. The van der Waals surface area contributed by atoms with Gasteiger partial charge in [0.05, 0.1) is 7.05 Å². The van der Waals surface area contributed by atoms with Crippen LogP contribution in [0.4, 0.5) is 5.82 Å². The number of rotatable bonds is 2. The Morgan fingerprint density at radius 2 is 2.54 bits per heavy atom. The number of nitrogens with one attached hydrogen (secondary N) is 2. The summed E-state index contributed by atoms with van der Waals surface area (Å²) in [6.45, 7) is 0. The van der Waals surface area contributed by atoms with Crippen LogP contribution in [0.1, 0.15) is 10.5 Å². The number of nitrogens with two attached hydrogens (primary N) is 1. The van der Waals surface area contributed by atoms with Crippen LogP contribution in [-0.2, 0) is 7.05 Å². The molecule has 70 valence electrons. The molecule has 0 aliphatic carbocycles. The van der Waals surface area contributed by atoms with Gasteiger partial charge in [0.1, 0.15) is 0 Å². The molecule has 0 bridgehead atoms. The summed E-state index contributed by atoms with van der Waals surface area (Å²) in [7, 11) is 3.32. The van der Waals surface area contributed by atoms with Crippen molar-refractivity contribution in [2.45, 2.75) is 0 Å². The molecule has 0 aliphatic heterocycles. The Balaban J connectivity index is 2.95. The Morgan fingerprint density at radius 3 is 3.08 bits per heavy atom. The summed E-state index contributed by atoms with van der Waals surface area (Å²) in [4.78, 5) is 17.2. The molecule has 1 aromatic heterocycles. The summed E-state index contributed by atoms with van der Waals surface area (Å²) in [6, 6.07) is 0. The van der Waals surface area contributed by atoms with Crippen molar-refractivity contribution in [2.24, 2.45) is 17.8 Å². The van der Waals surface area contributed by atoms with E-state index in [1.807, 2.05) is 0 Å². The number of aromatic amines is 1. The Morgan fingerprint density at radius 1 is 1.85 bits per heavy atom. The highest BCUT2D eigenvalue weighted by Gasteiger charge is 2.14. The molecule has 6 heteroatoms. The molecule has 0 spiro atoms. The number of imidazole rings is 1. The van der Waals surface area contributed by atoms with Gasteiger partial charge in [0.25, 0.3) is 0 Å². The largest absolute Gasteiger partial charge is 0.370 e. The summed E-state index contributed by atoms with van der Waals surface area (Å²) in [5, 5.41) is 2.75. The predicted molar refractivity (Wildman–Crippen MR) is 48.5 cm³/mol. The number of aliphatic imine (C=N–C) groups is 1. The lowest BCUT2D eigenvalue weighted by Crippen LogP contribution is -2.31. The SMILES string of the molecule is CN=C(N)Nc1[nH]c[n+](C)c1C=O. The van der Waals surface area contributed by atoms with Crippen molar-refractivity contribution < 1.29 is 9.36 Å². The third-order valence-electron chi connectivity index (χ3n) is 1.64. The van der Waals surface area contributed by atoms with Gasteiger partial charge in [0.2, 0.25) is 17.8 Å². The molecule has 4 N–H and O–H groups in total. The highest BCUT2D eigenvalue weighted by atomic mass is 16.1. The average molecular weight is 182 g/mol. The molecule has 0 radical (unpaired) electrons. The lowest BCUT2D eigenvalue weighted by molar-refractivity contribution is -0.671. The zero-order valence-electron chi connectivity index (χ0n) is 7.53. The third kappa shape index (κ3) is 1.84. The monoisotopic (exact) mass is 182 g/mol. The fourth-order valence-corrected chi connectivity index (χ4v) is 0.907. The number of guanidine groups is 1. The van der Waals surface area contributed by atoms with Crippen LogP contribution < -0.4 is 15.6 Å². The normalized spacial score (nSPS) is 11.4. The van der Waals surface area contributed by atoms with Crippen LogP contribution in [-0.4, -0.2) is 24.3 Å². The molecule has 1 heterocycles. The average Bonchev–Trinajstić information content (AvgIpc) is 2.46. The molecule has 0 unspecified atom stereocenters. The first kappa shape index (κ1) is 9.24. The van der Waals surface area contributed by atoms with Crippen LogP contribution in [0, 0.1) is 0 Å². The molecule has 1 aromatic rings. The van der Waals surface area contributed by atoms with Gasteiger partial charge in [0.15, 0.2) is 12.2 Å². The number of hydrogen-bond donors (Lipinski definition) is 3. The van der Waals surface area contributed by atoms with E-state index in [2.05, 4.69) is 15.3 Å². The van der Waals surface area contributed by atoms with Crippen molar-refractivity contribution in [3.05, 3.63) is 12.0 Å². The van der Waals surface area contributed by atoms with Crippen LogP contribution >= 0.6 is 0 Å². The number of aromatic nitrogens is 2. The molecule has 0 aliphatic rings. The Bertz CT molecular complexity index is 341. The highest BCUT2D eigenvalue weighted by Crippen LogP contribution is 2.02. The molecular weight excluding hydrogens is 170 g/mol. The van der Waals surface area contributed by atoms with E-state index >= 15 is 0 Å². The van der Waals surface area contributed by atoms with E-state index in [-0.39, 0.29) is 5.96 Å². The van der Waals surface area contributed by atoms with Crippen molar-refractivity contribution >= 4 is 18.1 Å². The van der Waals surface area contributed by atoms with Crippen molar-refractivity contribution in [1.82, 2.24) is 4.98 Å². The zero-order chi connectivity index (χ0) is 9.84. The van der Waals surface area contributed by atoms with Gasteiger partial charge in [-0.25, -0.2) is 9.55 Å². The van der Waals surface area contributed by atoms with Crippen LogP contribution in [0.2, 0.25) is 0 Å². The highest BCUT2D eigenvalue weighted by molar-refractivity contribution is 5.94. The summed E-state index contributed by atoms with van der Waals surface area (Å²) >= 11 is 0. The molecule has 1 rings (SSSR count). The van der Waals surface area contributed by atoms with Gasteiger partial charge in [-0.1, -0.05) is 0 Å². The van der Waals surface area contributed by atoms with Crippen molar-refractivity contribution in [1.29, 1.82) is 0 Å². The van der Waals surface area contributed by atoms with E-state index in [1.165, 1.54) is 0 Å². The fraction of sp³-hybridized carbons (Fsp3) is 0.286. The fourth-order valence-electron chi connectivity index (χ4n) is 0.907. The van der Waals surface area contributed by atoms with Gasteiger partial charge in [0, 0.05) is 7.05 Å². The van der Waals surface area contributed by atoms with Crippen LogP contribution in [0.5, 0.6) is 0 Å². The van der Waals surface area contributed by atoms with Gasteiger partial charge in [-0.3, -0.25) is 15.1 Å². The number of aryl methyl sites for hydroxylation is 1. The first-order valence-corrected chi connectivity index (χ1v) is 3.70. The van der Waals surface area contributed by atoms with E-state index < -0.39 is 0 Å². The maximum atomic E-state index is 10.6. The van der Waals surface area contributed by atoms with Crippen LogP contribution in [0.3, 0.4) is 0 Å². The zero-order valence-corrected chi connectivity index (χ0v) is 7.53. The first-order valence-electron chi connectivity index (χ1n) is 3.70. The maximum Gasteiger partial charge on any atom is 0.250 e. The van der Waals surface area contributed by atoms with Crippen LogP contribution in [0.15, 0.2) is 11.3 Å². The van der Waals surface area contributed by atoms with Gasteiger partial charge in [-0.15, -0.1) is 0 Å². The van der Waals surface area contributed by atoms with E-state index in [9.17, 15) is 4.79 Å². The topological polar surface area (TPSA) is 87.1 Å². The number of carbonyl (C=O) groups is 1. The van der Waals surface area contributed by atoms with E-state index in [0.29, 0.717) is 11.5 Å². The lowest BCUT2D eigenvalue weighted by Gasteiger charge is -1.97. The Labute approximate surface area is 75.5 Å². The number of anilines is 1. The second-order valence-electron chi connectivity index (χ2n) is 2.50. The molecule has 0 fully saturated rings. The minimum absolute atomic E-state index is 0.255. The van der Waals surface area contributed by atoms with E-state index in [1.54, 1.807) is 25.0 Å². The summed E-state index contributed by atoms with van der Waals surface area (Å²) in [6.07, 6.45) is 2.39. The number of aldehydes is 1. The third-order valence-corrected chi connectivity index (χ3v) is 1.64. The van der Waals surface area contributed by atoms with Crippen molar-refractivity contribution in [3.8, 4) is 0 Å². The smallest absolute Gasteiger partial charge is 0.250 e. The number of nitrogens with zero attached hydrogens (tertiary/aromatic N) is 2. The summed E-state index contributed by atoms with van der Waals surface area (Å²) in [5.74, 6) is 0.797. The molecule has 0 aromatic carbocycles. The maximum absolute atomic E-state index is 10.6. The van der Waals surface area contributed by atoms with Gasteiger partial charge in [-0.05, 0) is 0 Å². The quantitative estimate of drug-likeness (QED) is 0.237. The summed E-state index contributed by atoms with van der Waals surface area (Å²) in [5.41, 5.74) is 5.92. The second kappa shape index (κ2) is 3.70. The minimum Gasteiger partial charge on any atom is -0.370 e. The van der Waals surface area contributed by atoms with E-state index in [0.717, 1.165) is 6.29 Å². The van der Waals surface area contributed by atoms with Gasteiger partial charge in [-0.2, -0.15) is 0 Å². The standard InChI is InChI=1S/C7H11N5O/c1-9-7(8)11-6-5(3-13)12(2)4-10-6/h3-4H,1-2H3,(H3,8,9,11,13)/p+1. The predicted octanol–water partition coefficient (Wildman–Crippen LogP) is -0.992. The number of hydrogen-bond acceptors (Lipinski definition) is 2. The Kier molecular flexibility index (Phi) is 2.63. The second-order valence-corrected chi connectivity index (χ2v) is 2.50. The van der Waals surface area contributed by atoms with E-state index in [4.69, 9.17) is 5.73 Å². The molecule has 0 atom stereocenters. The molecular formula is C7H12N5O+. The van der Waals surface area contributed by atoms with Gasteiger partial charge >= 0.3 is 0 Å². The molecule has 13 heavy (non-hydrogen) atoms. The van der Waals surface area contributed by atoms with Gasteiger partial charge < -0.3 is 5.73 Å². The molecule has 0 saturated heterocycles. The molecule has 0 saturated carbocycles. The van der Waals surface area contributed by atoms with Crippen molar-refractivity contribution in [2.75, 3.05) is 12.4 Å². The lowest BCUT2D eigenvalue weighted by atomic mass is 10.4. The minimum atomic E-state index is 0.255. The summed E-state index contributed by atoms with van der Waals surface area (Å²) < 4.78 is 1.65.